The first-order valence-electron chi connectivity index (χ1n) is 11.7. The van der Waals surface area contributed by atoms with Gasteiger partial charge in [0.05, 0.1) is 17.2 Å². The fraction of sp³-hybridized carbons (Fsp3) is 0.172. The molecule has 0 saturated heterocycles. The Hall–Kier alpha value is -4.15. The minimum atomic E-state index is -4.00. The normalized spacial score (nSPS) is 11.8. The first-order chi connectivity index (χ1) is 17.4. The Bertz CT molecular complexity index is 1500. The highest BCUT2D eigenvalue weighted by atomic mass is 32.2. The molecule has 0 bridgehead atoms. The summed E-state index contributed by atoms with van der Waals surface area (Å²) in [6, 6.07) is 25.4. The Kier molecular flexibility index (Phi) is 7.67. The highest BCUT2D eigenvalue weighted by Gasteiger charge is 2.22. The van der Waals surface area contributed by atoms with Crippen LogP contribution < -0.4 is 4.74 Å². The zero-order chi connectivity index (χ0) is 25.5. The molecule has 6 nitrogen and oxygen atoms in total. The van der Waals surface area contributed by atoms with Crippen LogP contribution in [0.3, 0.4) is 0 Å². The van der Waals surface area contributed by atoms with Gasteiger partial charge in [0.25, 0.3) is 0 Å². The first kappa shape index (κ1) is 25.0. The minimum Gasteiger partial charge on any atom is -0.494 e. The van der Waals surface area contributed by atoms with E-state index >= 15 is 0 Å². The summed E-state index contributed by atoms with van der Waals surface area (Å²) in [5, 5.41) is 14.6. The Labute approximate surface area is 212 Å². The van der Waals surface area contributed by atoms with Gasteiger partial charge in [0.15, 0.2) is 0 Å². The number of aromatic nitrogens is 2. The highest BCUT2D eigenvalue weighted by Crippen LogP contribution is 2.29. The largest absolute Gasteiger partial charge is 0.494 e. The van der Waals surface area contributed by atoms with E-state index < -0.39 is 9.84 Å². The maximum absolute atomic E-state index is 13.2. The van der Waals surface area contributed by atoms with E-state index in [-0.39, 0.29) is 9.80 Å². The highest BCUT2D eigenvalue weighted by molar-refractivity contribution is 7.95. The number of nitriles is 1. The standard InChI is InChI=1S/C29H27N3O3S/c1-3-4-18-35-26-14-12-23(13-15-26)29-24(21-32(31-29)25-8-6-5-7-9-25)19-28(20-30)36(33,34)27-16-10-22(2)11-17-27/h5-17,19,21H,3-4,18H2,1-2H3. The van der Waals surface area contributed by atoms with Gasteiger partial charge in [-0.1, -0.05) is 49.2 Å². The van der Waals surface area contributed by atoms with Crippen LogP contribution in [0, 0.1) is 18.3 Å². The molecule has 1 heterocycles. The summed E-state index contributed by atoms with van der Waals surface area (Å²) < 4.78 is 33.9. The van der Waals surface area contributed by atoms with E-state index in [9.17, 15) is 13.7 Å². The third kappa shape index (κ3) is 5.56. The van der Waals surface area contributed by atoms with Crippen LogP contribution in [0.5, 0.6) is 5.75 Å². The van der Waals surface area contributed by atoms with Crippen molar-refractivity contribution in [1.82, 2.24) is 9.78 Å². The quantitative estimate of drug-likeness (QED) is 0.198. The number of rotatable bonds is 9. The third-order valence-electron chi connectivity index (χ3n) is 5.68. The molecule has 36 heavy (non-hydrogen) atoms. The predicted molar refractivity (Wildman–Crippen MR) is 141 cm³/mol. The molecular weight excluding hydrogens is 470 g/mol. The molecule has 0 aliphatic heterocycles. The summed E-state index contributed by atoms with van der Waals surface area (Å²) in [4.78, 5) is -0.272. The van der Waals surface area contributed by atoms with Crippen molar-refractivity contribution in [3.63, 3.8) is 0 Å². The van der Waals surface area contributed by atoms with Gasteiger partial charge in [0.2, 0.25) is 9.84 Å². The molecule has 3 aromatic carbocycles. The summed E-state index contributed by atoms with van der Waals surface area (Å²) in [6.45, 7) is 4.63. The van der Waals surface area contributed by atoms with Crippen molar-refractivity contribution in [2.75, 3.05) is 6.61 Å². The fourth-order valence-electron chi connectivity index (χ4n) is 3.63. The number of allylic oxidation sites excluding steroid dienone is 1. The first-order valence-corrected chi connectivity index (χ1v) is 13.2. The lowest BCUT2D eigenvalue weighted by atomic mass is 10.1. The van der Waals surface area contributed by atoms with Gasteiger partial charge in [-0.15, -0.1) is 0 Å². The summed E-state index contributed by atoms with van der Waals surface area (Å²) in [6.07, 6.45) is 5.16. The van der Waals surface area contributed by atoms with E-state index in [1.165, 1.54) is 18.2 Å². The summed E-state index contributed by atoms with van der Waals surface area (Å²) in [5.41, 5.74) is 3.61. The molecule has 0 aliphatic rings. The Morgan fingerprint density at radius 2 is 1.72 bits per heavy atom. The van der Waals surface area contributed by atoms with Crippen molar-refractivity contribution in [1.29, 1.82) is 5.26 Å². The van der Waals surface area contributed by atoms with Crippen molar-refractivity contribution in [2.45, 2.75) is 31.6 Å². The lowest BCUT2D eigenvalue weighted by Gasteiger charge is -2.07. The van der Waals surface area contributed by atoms with Crippen LogP contribution in [0.15, 0.2) is 94.9 Å². The maximum atomic E-state index is 13.2. The zero-order valence-corrected chi connectivity index (χ0v) is 21.1. The number of aryl methyl sites for hydroxylation is 1. The van der Waals surface area contributed by atoms with Crippen LogP contribution in [0.4, 0.5) is 0 Å². The lowest BCUT2D eigenvalue weighted by molar-refractivity contribution is 0.309. The van der Waals surface area contributed by atoms with Crippen molar-refractivity contribution in [2.24, 2.45) is 0 Å². The molecule has 0 atom stereocenters. The summed E-state index contributed by atoms with van der Waals surface area (Å²) in [7, 11) is -4.00. The number of sulfone groups is 1. The van der Waals surface area contributed by atoms with E-state index in [0.29, 0.717) is 17.9 Å². The number of hydrogen-bond donors (Lipinski definition) is 0. The monoisotopic (exact) mass is 497 g/mol. The molecular formula is C29H27N3O3S. The molecule has 0 aliphatic carbocycles. The molecule has 4 rings (SSSR count). The average Bonchev–Trinajstić information content (AvgIpc) is 3.32. The molecule has 0 unspecified atom stereocenters. The number of benzene rings is 3. The van der Waals surface area contributed by atoms with Crippen LogP contribution in [0.2, 0.25) is 0 Å². The lowest BCUT2D eigenvalue weighted by Crippen LogP contribution is -2.03. The van der Waals surface area contributed by atoms with Gasteiger partial charge in [0.1, 0.15) is 22.4 Å². The number of unbranched alkanes of at least 4 members (excludes halogenated alkanes) is 1. The Morgan fingerprint density at radius 1 is 1.03 bits per heavy atom. The third-order valence-corrected chi connectivity index (χ3v) is 7.36. The van der Waals surface area contributed by atoms with Crippen molar-refractivity contribution >= 4 is 15.9 Å². The van der Waals surface area contributed by atoms with E-state index in [2.05, 4.69) is 6.92 Å². The second kappa shape index (κ2) is 11.1. The van der Waals surface area contributed by atoms with Crippen LogP contribution in [-0.4, -0.2) is 24.8 Å². The van der Waals surface area contributed by atoms with Gasteiger partial charge in [0, 0.05) is 17.3 Å². The fourth-order valence-corrected chi connectivity index (χ4v) is 4.78. The maximum Gasteiger partial charge on any atom is 0.216 e. The number of para-hydroxylation sites is 1. The zero-order valence-electron chi connectivity index (χ0n) is 20.3. The molecule has 1 aromatic heterocycles. The van der Waals surface area contributed by atoms with Gasteiger partial charge >= 0.3 is 0 Å². The Morgan fingerprint density at radius 3 is 2.36 bits per heavy atom. The second-order valence-corrected chi connectivity index (χ2v) is 10.3. The van der Waals surface area contributed by atoms with Crippen molar-refractivity contribution in [3.8, 4) is 28.8 Å². The van der Waals surface area contributed by atoms with E-state index in [4.69, 9.17) is 9.84 Å². The molecule has 0 N–H and O–H groups in total. The van der Waals surface area contributed by atoms with Gasteiger partial charge in [-0.05, 0) is 68.0 Å². The van der Waals surface area contributed by atoms with E-state index in [1.807, 2.05) is 67.6 Å². The van der Waals surface area contributed by atoms with E-state index in [0.717, 1.165) is 35.4 Å². The Balaban J connectivity index is 1.78. The van der Waals surface area contributed by atoms with Crippen LogP contribution in [-0.2, 0) is 9.84 Å². The number of ether oxygens (including phenoxy) is 1. The molecule has 0 spiro atoms. The van der Waals surface area contributed by atoms with Gasteiger partial charge in [-0.3, -0.25) is 0 Å². The SMILES string of the molecule is CCCCOc1ccc(-c2nn(-c3ccccc3)cc2C=C(C#N)S(=O)(=O)c2ccc(C)cc2)cc1. The average molecular weight is 498 g/mol. The van der Waals surface area contributed by atoms with Gasteiger partial charge in [-0.2, -0.15) is 10.4 Å². The molecule has 4 aromatic rings. The molecule has 0 amide bonds. The minimum absolute atomic E-state index is 0.0754. The summed E-state index contributed by atoms with van der Waals surface area (Å²) in [5.74, 6) is 0.756. The number of hydrogen-bond acceptors (Lipinski definition) is 5. The van der Waals surface area contributed by atoms with Crippen LogP contribution >= 0.6 is 0 Å². The van der Waals surface area contributed by atoms with Crippen LogP contribution in [0.1, 0.15) is 30.9 Å². The predicted octanol–water partition coefficient (Wildman–Crippen LogP) is 6.37. The number of nitrogens with zero attached hydrogens (tertiary/aromatic N) is 3. The second-order valence-electron chi connectivity index (χ2n) is 8.38. The van der Waals surface area contributed by atoms with Crippen molar-refractivity contribution < 1.29 is 13.2 Å². The molecule has 0 radical (unpaired) electrons. The van der Waals surface area contributed by atoms with E-state index in [1.54, 1.807) is 23.0 Å². The molecule has 182 valence electrons. The van der Waals surface area contributed by atoms with Crippen LogP contribution in [0.25, 0.3) is 23.0 Å². The van der Waals surface area contributed by atoms with Gasteiger partial charge in [-0.25, -0.2) is 13.1 Å². The topological polar surface area (TPSA) is 85.0 Å². The smallest absolute Gasteiger partial charge is 0.216 e. The summed E-state index contributed by atoms with van der Waals surface area (Å²) >= 11 is 0. The molecule has 0 fully saturated rings. The van der Waals surface area contributed by atoms with Gasteiger partial charge < -0.3 is 4.74 Å². The molecule has 0 saturated carbocycles. The van der Waals surface area contributed by atoms with Crippen molar-refractivity contribution in [3.05, 3.63) is 101 Å². The molecule has 7 heteroatoms.